The van der Waals surface area contributed by atoms with Crippen LogP contribution in [0.15, 0.2) is 24.3 Å². The summed E-state index contributed by atoms with van der Waals surface area (Å²) in [5.74, 6) is 1.46. The van der Waals surface area contributed by atoms with Crippen LogP contribution >= 0.6 is 0 Å². The fourth-order valence-corrected chi connectivity index (χ4v) is 1.56. The lowest BCUT2D eigenvalue weighted by Crippen LogP contribution is -2.38. The molecule has 0 spiro atoms. The van der Waals surface area contributed by atoms with E-state index in [9.17, 15) is 5.11 Å². The number of hydrogen-bond donors (Lipinski definition) is 2. The van der Waals surface area contributed by atoms with E-state index in [4.69, 9.17) is 9.47 Å². The Morgan fingerprint density at radius 2 is 1.83 bits per heavy atom. The van der Waals surface area contributed by atoms with Crippen molar-refractivity contribution in [3.63, 3.8) is 0 Å². The van der Waals surface area contributed by atoms with Gasteiger partial charge >= 0.3 is 0 Å². The van der Waals surface area contributed by atoms with Gasteiger partial charge in [-0.1, -0.05) is 19.1 Å². The van der Waals surface area contributed by atoms with Gasteiger partial charge in [0.15, 0.2) is 11.5 Å². The number of rotatable bonds is 9. The molecule has 1 rings (SSSR count). The van der Waals surface area contributed by atoms with Crippen LogP contribution in [0.2, 0.25) is 0 Å². The van der Waals surface area contributed by atoms with Gasteiger partial charge in [0.2, 0.25) is 0 Å². The van der Waals surface area contributed by atoms with E-state index in [-0.39, 0.29) is 12.6 Å². The van der Waals surface area contributed by atoms with E-state index < -0.39 is 0 Å². The zero-order valence-corrected chi connectivity index (χ0v) is 11.2. The molecule has 1 atom stereocenters. The van der Waals surface area contributed by atoms with Crippen molar-refractivity contribution in [2.75, 3.05) is 26.4 Å². The van der Waals surface area contributed by atoms with Crippen molar-refractivity contribution in [1.82, 2.24) is 5.32 Å². The van der Waals surface area contributed by atoms with Crippen LogP contribution in [0, 0.1) is 0 Å². The van der Waals surface area contributed by atoms with Gasteiger partial charge in [-0.05, 0) is 32.0 Å². The van der Waals surface area contributed by atoms with E-state index in [1.54, 1.807) is 0 Å². The molecule has 2 N–H and O–H groups in total. The van der Waals surface area contributed by atoms with Gasteiger partial charge in [-0.2, -0.15) is 0 Å². The SMILES string of the molecule is CCCNC(CO)COc1ccccc1OCC. The Hall–Kier alpha value is -1.26. The molecular formula is C14H23NO3. The summed E-state index contributed by atoms with van der Waals surface area (Å²) in [4.78, 5) is 0. The Morgan fingerprint density at radius 1 is 1.17 bits per heavy atom. The molecule has 0 heterocycles. The maximum atomic E-state index is 9.23. The molecule has 0 aliphatic rings. The highest BCUT2D eigenvalue weighted by Gasteiger charge is 2.09. The van der Waals surface area contributed by atoms with Gasteiger partial charge < -0.3 is 19.9 Å². The lowest BCUT2D eigenvalue weighted by atomic mass is 10.3. The minimum Gasteiger partial charge on any atom is -0.490 e. The third-order valence-corrected chi connectivity index (χ3v) is 2.49. The smallest absolute Gasteiger partial charge is 0.161 e. The fraction of sp³-hybridized carbons (Fsp3) is 0.571. The van der Waals surface area contributed by atoms with Crippen LogP contribution in [0.1, 0.15) is 20.3 Å². The Labute approximate surface area is 109 Å². The monoisotopic (exact) mass is 253 g/mol. The maximum absolute atomic E-state index is 9.23. The molecule has 4 nitrogen and oxygen atoms in total. The molecule has 0 aliphatic carbocycles. The van der Waals surface area contributed by atoms with Crippen LogP contribution < -0.4 is 14.8 Å². The van der Waals surface area contributed by atoms with E-state index >= 15 is 0 Å². The Morgan fingerprint density at radius 3 is 2.39 bits per heavy atom. The first-order valence-corrected chi connectivity index (χ1v) is 6.50. The van der Waals surface area contributed by atoms with Crippen molar-refractivity contribution in [2.24, 2.45) is 0 Å². The number of nitrogens with one attached hydrogen (secondary N) is 1. The summed E-state index contributed by atoms with van der Waals surface area (Å²) >= 11 is 0. The molecule has 0 aromatic heterocycles. The van der Waals surface area contributed by atoms with Crippen molar-refractivity contribution >= 4 is 0 Å². The van der Waals surface area contributed by atoms with Crippen LogP contribution in [-0.4, -0.2) is 37.5 Å². The first-order chi connectivity index (χ1) is 8.81. The molecular weight excluding hydrogens is 230 g/mol. The molecule has 0 radical (unpaired) electrons. The molecule has 1 aromatic carbocycles. The highest BCUT2D eigenvalue weighted by molar-refractivity contribution is 5.39. The molecule has 0 aliphatic heterocycles. The van der Waals surface area contributed by atoms with Gasteiger partial charge in [0, 0.05) is 0 Å². The van der Waals surface area contributed by atoms with Gasteiger partial charge in [-0.3, -0.25) is 0 Å². The number of para-hydroxylation sites is 2. The van der Waals surface area contributed by atoms with Crippen LogP contribution in [0.4, 0.5) is 0 Å². The van der Waals surface area contributed by atoms with Gasteiger partial charge in [0.1, 0.15) is 6.61 Å². The zero-order valence-electron chi connectivity index (χ0n) is 11.2. The van der Waals surface area contributed by atoms with Crippen molar-refractivity contribution in [2.45, 2.75) is 26.3 Å². The van der Waals surface area contributed by atoms with E-state index in [1.165, 1.54) is 0 Å². The topological polar surface area (TPSA) is 50.7 Å². The van der Waals surface area contributed by atoms with E-state index in [0.717, 1.165) is 24.5 Å². The van der Waals surface area contributed by atoms with Crippen LogP contribution in [-0.2, 0) is 0 Å². The third kappa shape index (κ3) is 4.94. The quantitative estimate of drug-likeness (QED) is 0.705. The molecule has 0 bridgehead atoms. The minimum atomic E-state index is -0.0420. The molecule has 102 valence electrons. The van der Waals surface area contributed by atoms with Crippen molar-refractivity contribution in [3.8, 4) is 11.5 Å². The molecule has 0 saturated carbocycles. The van der Waals surface area contributed by atoms with E-state index in [2.05, 4.69) is 12.2 Å². The van der Waals surface area contributed by atoms with Crippen LogP contribution in [0.5, 0.6) is 11.5 Å². The fourth-order valence-electron chi connectivity index (χ4n) is 1.56. The number of aliphatic hydroxyl groups excluding tert-OH is 1. The summed E-state index contributed by atoms with van der Waals surface area (Å²) in [6.07, 6.45) is 1.03. The predicted octanol–water partition coefficient (Wildman–Crippen LogP) is 1.82. The predicted molar refractivity (Wildman–Crippen MR) is 72.3 cm³/mol. The largest absolute Gasteiger partial charge is 0.490 e. The summed E-state index contributed by atoms with van der Waals surface area (Å²) in [6.45, 7) is 6.01. The zero-order chi connectivity index (χ0) is 13.2. The Kier molecular flexibility index (Phi) is 7.22. The highest BCUT2D eigenvalue weighted by atomic mass is 16.5. The molecule has 4 heteroatoms. The van der Waals surface area contributed by atoms with Crippen LogP contribution in [0.3, 0.4) is 0 Å². The van der Waals surface area contributed by atoms with Gasteiger partial charge in [0.05, 0.1) is 19.3 Å². The number of hydrogen-bond acceptors (Lipinski definition) is 4. The van der Waals surface area contributed by atoms with Gasteiger partial charge in [-0.15, -0.1) is 0 Å². The molecule has 18 heavy (non-hydrogen) atoms. The van der Waals surface area contributed by atoms with E-state index in [0.29, 0.717) is 13.2 Å². The summed E-state index contributed by atoms with van der Waals surface area (Å²) in [7, 11) is 0. The molecule has 0 fully saturated rings. The lowest BCUT2D eigenvalue weighted by molar-refractivity contribution is 0.178. The molecule has 0 amide bonds. The number of ether oxygens (including phenoxy) is 2. The Bertz CT molecular complexity index is 331. The van der Waals surface area contributed by atoms with Gasteiger partial charge in [-0.25, -0.2) is 0 Å². The standard InChI is InChI=1S/C14H23NO3/c1-3-9-15-12(10-16)11-18-14-8-6-5-7-13(14)17-4-2/h5-8,12,15-16H,3-4,9-11H2,1-2H3. The third-order valence-electron chi connectivity index (χ3n) is 2.49. The summed E-state index contributed by atoms with van der Waals surface area (Å²) in [6, 6.07) is 7.53. The minimum absolute atomic E-state index is 0.0420. The van der Waals surface area contributed by atoms with Crippen LogP contribution in [0.25, 0.3) is 0 Å². The average molecular weight is 253 g/mol. The maximum Gasteiger partial charge on any atom is 0.161 e. The first-order valence-electron chi connectivity index (χ1n) is 6.50. The lowest BCUT2D eigenvalue weighted by Gasteiger charge is -2.18. The van der Waals surface area contributed by atoms with Crippen molar-refractivity contribution in [3.05, 3.63) is 24.3 Å². The van der Waals surface area contributed by atoms with Crippen molar-refractivity contribution < 1.29 is 14.6 Å². The average Bonchev–Trinajstić information content (AvgIpc) is 2.41. The molecule has 0 saturated heterocycles. The van der Waals surface area contributed by atoms with E-state index in [1.807, 2.05) is 31.2 Å². The second-order valence-corrected chi connectivity index (χ2v) is 4.02. The normalized spacial score (nSPS) is 12.2. The number of aliphatic hydroxyl groups is 1. The highest BCUT2D eigenvalue weighted by Crippen LogP contribution is 2.26. The number of benzene rings is 1. The van der Waals surface area contributed by atoms with Crippen molar-refractivity contribution in [1.29, 1.82) is 0 Å². The first kappa shape index (κ1) is 14.8. The Balaban J connectivity index is 2.50. The summed E-state index contributed by atoms with van der Waals surface area (Å²) < 4.78 is 11.2. The summed E-state index contributed by atoms with van der Waals surface area (Å²) in [5.41, 5.74) is 0. The molecule has 1 unspecified atom stereocenters. The molecule has 1 aromatic rings. The second-order valence-electron chi connectivity index (χ2n) is 4.02. The summed E-state index contributed by atoms with van der Waals surface area (Å²) in [5, 5.41) is 12.5. The van der Waals surface area contributed by atoms with Gasteiger partial charge in [0.25, 0.3) is 0 Å². The second kappa shape index (κ2) is 8.78.